The van der Waals surface area contributed by atoms with Crippen molar-refractivity contribution in [2.45, 2.75) is 167 Å². The van der Waals surface area contributed by atoms with Crippen LogP contribution in [0.25, 0.3) is 0 Å². The smallest absolute Gasteiger partial charge is 0.0144 e. The molecule has 4 heteroatoms. The van der Waals surface area contributed by atoms with Crippen LogP contribution in [0.1, 0.15) is 132 Å². The number of hydrogen-bond donors (Lipinski definition) is 4. The lowest BCUT2D eigenvalue weighted by molar-refractivity contribution is 0.145. The van der Waals surface area contributed by atoms with Gasteiger partial charge in [-0.15, -0.1) is 0 Å². The molecule has 0 radical (unpaired) electrons. The molecule has 0 aliphatic carbocycles. The maximum absolute atomic E-state index is 3.84. The molecule has 0 aromatic heterocycles. The highest BCUT2D eigenvalue weighted by molar-refractivity contribution is 5.00. The van der Waals surface area contributed by atoms with Crippen LogP contribution < -0.4 is 21.3 Å². The second-order valence-electron chi connectivity index (χ2n) is 13.7. The molecule has 2 heterocycles. The third-order valence-corrected chi connectivity index (χ3v) is 7.35. The highest BCUT2D eigenvalue weighted by Gasteiger charge is 2.38. The van der Waals surface area contributed by atoms with Crippen molar-refractivity contribution in [3.63, 3.8) is 0 Å². The molecule has 0 spiro atoms. The van der Waals surface area contributed by atoms with Crippen LogP contribution in [0.4, 0.5) is 0 Å². The van der Waals surface area contributed by atoms with Crippen molar-refractivity contribution in [1.82, 2.24) is 21.3 Å². The van der Waals surface area contributed by atoms with E-state index in [1.807, 2.05) is 0 Å². The van der Waals surface area contributed by atoms with Crippen LogP contribution in [0, 0.1) is 0 Å². The molecule has 0 amide bonds. The first-order valence-corrected chi connectivity index (χ1v) is 13.8. The maximum atomic E-state index is 3.84. The summed E-state index contributed by atoms with van der Waals surface area (Å²) >= 11 is 0. The van der Waals surface area contributed by atoms with E-state index in [9.17, 15) is 0 Å². The van der Waals surface area contributed by atoms with Gasteiger partial charge in [0, 0.05) is 34.2 Å². The summed E-state index contributed by atoms with van der Waals surface area (Å²) in [6.45, 7) is 21.1. The molecule has 0 aromatic carbocycles. The molecule has 4 nitrogen and oxygen atoms in total. The summed E-state index contributed by atoms with van der Waals surface area (Å²) in [5, 5.41) is 15.3. The summed E-state index contributed by atoms with van der Waals surface area (Å²) in [4.78, 5) is 0. The van der Waals surface area contributed by atoms with Crippen molar-refractivity contribution in [3.05, 3.63) is 0 Å². The average Bonchev–Trinajstić information content (AvgIpc) is 2.57. The van der Waals surface area contributed by atoms with Crippen LogP contribution in [0.3, 0.4) is 0 Å². The van der Waals surface area contributed by atoms with Gasteiger partial charge in [-0.3, -0.25) is 0 Å². The van der Waals surface area contributed by atoms with E-state index in [4.69, 9.17) is 0 Å². The van der Waals surface area contributed by atoms with Crippen LogP contribution in [0.15, 0.2) is 0 Å². The Morgan fingerprint density at radius 2 is 0.719 bits per heavy atom. The van der Waals surface area contributed by atoms with E-state index in [1.54, 1.807) is 0 Å². The fourth-order valence-electron chi connectivity index (χ4n) is 6.86. The van der Waals surface area contributed by atoms with Crippen molar-refractivity contribution in [3.8, 4) is 0 Å². The van der Waals surface area contributed by atoms with Gasteiger partial charge in [0.1, 0.15) is 0 Å². The quantitative estimate of drug-likeness (QED) is 0.264. The Balaban J connectivity index is 1.41. The summed E-state index contributed by atoms with van der Waals surface area (Å²) in [7, 11) is 0. The molecule has 2 rings (SSSR count). The van der Waals surface area contributed by atoms with Gasteiger partial charge in [0.2, 0.25) is 0 Å². The first-order valence-electron chi connectivity index (χ1n) is 13.8. The molecule has 190 valence electrons. The minimum Gasteiger partial charge on any atom is -0.314 e. The zero-order valence-electron chi connectivity index (χ0n) is 23.1. The molecule has 32 heavy (non-hydrogen) atoms. The van der Waals surface area contributed by atoms with Crippen LogP contribution in [0.2, 0.25) is 0 Å². The molecule has 0 bridgehead atoms. The molecule has 2 saturated heterocycles. The van der Waals surface area contributed by atoms with E-state index < -0.39 is 0 Å². The van der Waals surface area contributed by atoms with E-state index >= 15 is 0 Å². The number of rotatable bonds is 13. The predicted octanol–water partition coefficient (Wildman–Crippen LogP) is 5.90. The summed E-state index contributed by atoms with van der Waals surface area (Å²) < 4.78 is 0. The largest absolute Gasteiger partial charge is 0.314 e. The van der Waals surface area contributed by atoms with Gasteiger partial charge in [-0.25, -0.2) is 0 Å². The van der Waals surface area contributed by atoms with Gasteiger partial charge >= 0.3 is 0 Å². The number of nitrogens with one attached hydrogen (secondary N) is 4. The normalized spacial score (nSPS) is 25.1. The lowest BCUT2D eigenvalue weighted by Gasteiger charge is -2.46. The Morgan fingerprint density at radius 1 is 0.469 bits per heavy atom. The molecule has 0 unspecified atom stereocenters. The maximum Gasteiger partial charge on any atom is 0.0144 e. The van der Waals surface area contributed by atoms with Crippen molar-refractivity contribution in [2.24, 2.45) is 0 Å². The minimum atomic E-state index is 0.246. The van der Waals surface area contributed by atoms with Crippen LogP contribution in [0.5, 0.6) is 0 Å². The Morgan fingerprint density at radius 3 is 1.00 bits per heavy atom. The molecule has 2 fully saturated rings. The second-order valence-corrected chi connectivity index (χ2v) is 13.7. The molecule has 0 atom stereocenters. The SMILES string of the molecule is CC1(C)CC(NCCCCCCCCCCNC2CC(C)(C)NC(C)(C)C2)CC(C)(C)N1. The summed E-state index contributed by atoms with van der Waals surface area (Å²) in [5.41, 5.74) is 0.983. The zero-order valence-corrected chi connectivity index (χ0v) is 23.1. The van der Waals surface area contributed by atoms with Gasteiger partial charge in [0.15, 0.2) is 0 Å². The highest BCUT2D eigenvalue weighted by Crippen LogP contribution is 2.29. The van der Waals surface area contributed by atoms with E-state index in [0.717, 1.165) is 0 Å². The number of unbranched alkanes of at least 4 members (excludes halogenated alkanes) is 7. The first kappa shape index (κ1) is 28.1. The van der Waals surface area contributed by atoms with E-state index in [0.29, 0.717) is 12.1 Å². The molecule has 2 aliphatic rings. The van der Waals surface area contributed by atoms with Crippen molar-refractivity contribution >= 4 is 0 Å². The van der Waals surface area contributed by atoms with Crippen LogP contribution in [-0.4, -0.2) is 47.3 Å². The van der Waals surface area contributed by atoms with E-state index in [-0.39, 0.29) is 22.2 Å². The van der Waals surface area contributed by atoms with Crippen molar-refractivity contribution in [1.29, 1.82) is 0 Å². The Hall–Kier alpha value is -0.160. The molecule has 0 saturated carbocycles. The molecular formula is C28H58N4. The zero-order chi connectivity index (χ0) is 23.9. The lowest BCUT2D eigenvalue weighted by Crippen LogP contribution is -2.61. The summed E-state index contributed by atoms with van der Waals surface area (Å²) in [6.07, 6.45) is 16.0. The lowest BCUT2D eigenvalue weighted by atomic mass is 9.79. The van der Waals surface area contributed by atoms with E-state index in [2.05, 4.69) is 76.7 Å². The fourth-order valence-corrected chi connectivity index (χ4v) is 6.86. The number of piperidine rings is 2. The summed E-state index contributed by atoms with van der Waals surface area (Å²) in [5.74, 6) is 0. The van der Waals surface area contributed by atoms with Gasteiger partial charge in [0.25, 0.3) is 0 Å². The Kier molecular flexibility index (Phi) is 10.5. The summed E-state index contributed by atoms with van der Waals surface area (Å²) in [6, 6.07) is 1.33. The highest BCUT2D eigenvalue weighted by atomic mass is 15.1. The Labute approximate surface area is 201 Å². The van der Waals surface area contributed by atoms with Gasteiger partial charge < -0.3 is 21.3 Å². The van der Waals surface area contributed by atoms with Crippen LogP contribution >= 0.6 is 0 Å². The second kappa shape index (κ2) is 12.0. The molecule has 0 aromatic rings. The van der Waals surface area contributed by atoms with Gasteiger partial charge in [-0.1, -0.05) is 38.5 Å². The minimum absolute atomic E-state index is 0.246. The predicted molar refractivity (Wildman–Crippen MR) is 142 cm³/mol. The van der Waals surface area contributed by atoms with Crippen molar-refractivity contribution < 1.29 is 0 Å². The van der Waals surface area contributed by atoms with Gasteiger partial charge in [-0.2, -0.15) is 0 Å². The average molecular weight is 451 g/mol. The number of hydrogen-bond acceptors (Lipinski definition) is 4. The molecule has 4 N–H and O–H groups in total. The van der Waals surface area contributed by atoms with Crippen LogP contribution in [-0.2, 0) is 0 Å². The first-order chi connectivity index (χ1) is 14.8. The van der Waals surface area contributed by atoms with Crippen molar-refractivity contribution in [2.75, 3.05) is 13.1 Å². The monoisotopic (exact) mass is 450 g/mol. The Bertz CT molecular complexity index is 458. The molecule has 2 aliphatic heterocycles. The van der Waals surface area contributed by atoms with Gasteiger partial charge in [0.05, 0.1) is 0 Å². The third kappa shape index (κ3) is 11.3. The standard InChI is InChI=1S/C28H58N4/c1-25(2)19-23(20-26(3,4)31-25)29-17-15-13-11-9-10-12-14-16-18-30-24-21-27(5,6)32-28(7,8)22-24/h23-24,29-32H,9-22H2,1-8H3. The topological polar surface area (TPSA) is 48.1 Å². The van der Waals surface area contributed by atoms with Gasteiger partial charge in [-0.05, 0) is 107 Å². The third-order valence-electron chi connectivity index (χ3n) is 7.35. The fraction of sp³-hybridized carbons (Fsp3) is 1.00. The molecular weight excluding hydrogens is 392 g/mol. The van der Waals surface area contributed by atoms with E-state index in [1.165, 1.54) is 90.1 Å².